The van der Waals surface area contributed by atoms with Crippen molar-refractivity contribution in [3.63, 3.8) is 0 Å². The number of hydrogen-bond acceptors (Lipinski definition) is 0. The molecule has 0 bridgehead atoms. The highest BCUT2D eigenvalue weighted by molar-refractivity contribution is 6.53. The van der Waals surface area contributed by atoms with Crippen LogP contribution in [-0.2, 0) is 0 Å². The van der Waals surface area contributed by atoms with E-state index in [-0.39, 0.29) is 11.3 Å². The van der Waals surface area contributed by atoms with Crippen molar-refractivity contribution in [1.82, 2.24) is 0 Å². The van der Waals surface area contributed by atoms with E-state index in [1.54, 1.807) is 0 Å². The summed E-state index contributed by atoms with van der Waals surface area (Å²) in [6, 6.07) is 0. The van der Waals surface area contributed by atoms with Crippen LogP contribution in [0, 0.1) is 23.2 Å². The fourth-order valence-electron chi connectivity index (χ4n) is 2.84. The second-order valence-electron chi connectivity index (χ2n) is 4.91. The molecule has 3 aliphatic carbocycles. The highest BCUT2D eigenvalue weighted by Gasteiger charge is 2.77. The molecule has 0 saturated heterocycles. The maximum absolute atomic E-state index is 6.23. The third kappa shape index (κ3) is 0.948. The van der Waals surface area contributed by atoms with E-state index in [9.17, 15) is 0 Å². The van der Waals surface area contributed by atoms with E-state index in [1.165, 1.54) is 0 Å². The van der Waals surface area contributed by atoms with E-state index in [4.69, 9.17) is 46.4 Å². The molecule has 0 aromatic carbocycles. The molecule has 0 N–H and O–H groups in total. The molecular formula is C10H10Cl4. The first-order valence-corrected chi connectivity index (χ1v) is 6.27. The van der Waals surface area contributed by atoms with Gasteiger partial charge in [0.05, 0.1) is 0 Å². The van der Waals surface area contributed by atoms with Crippen molar-refractivity contribution in [3.8, 4) is 0 Å². The molecule has 2 fully saturated rings. The summed E-state index contributed by atoms with van der Waals surface area (Å²) in [5.74, 6) is 0.909. The highest BCUT2D eigenvalue weighted by atomic mass is 35.5. The maximum Gasteiger partial charge on any atom is 0.131 e. The molecule has 2 saturated carbocycles. The Hall–Kier alpha value is 0.900. The lowest BCUT2D eigenvalue weighted by Crippen LogP contribution is -2.07. The summed E-state index contributed by atoms with van der Waals surface area (Å²) >= 11 is 24.8. The van der Waals surface area contributed by atoms with Crippen molar-refractivity contribution in [2.45, 2.75) is 22.0 Å². The van der Waals surface area contributed by atoms with Gasteiger partial charge in [0.25, 0.3) is 0 Å². The molecule has 78 valence electrons. The Bertz CT molecular complexity index is 333. The van der Waals surface area contributed by atoms with Crippen LogP contribution in [0.15, 0.2) is 12.2 Å². The van der Waals surface area contributed by atoms with Gasteiger partial charge in [0.1, 0.15) is 8.67 Å². The molecule has 0 unspecified atom stereocenters. The van der Waals surface area contributed by atoms with Crippen LogP contribution in [0.1, 0.15) is 13.3 Å². The first-order valence-electron chi connectivity index (χ1n) is 4.76. The Labute approximate surface area is 104 Å². The Morgan fingerprint density at radius 1 is 1.14 bits per heavy atom. The monoisotopic (exact) mass is 270 g/mol. The van der Waals surface area contributed by atoms with Gasteiger partial charge in [-0.3, -0.25) is 0 Å². The van der Waals surface area contributed by atoms with Gasteiger partial charge in [-0.25, -0.2) is 0 Å². The van der Waals surface area contributed by atoms with Crippen LogP contribution in [0.4, 0.5) is 0 Å². The molecule has 0 heterocycles. The maximum atomic E-state index is 6.23. The Morgan fingerprint density at radius 2 is 1.79 bits per heavy atom. The summed E-state index contributed by atoms with van der Waals surface area (Å²) in [5.41, 5.74) is -0.0302. The minimum atomic E-state index is -0.610. The topological polar surface area (TPSA) is 0 Å². The zero-order valence-electron chi connectivity index (χ0n) is 7.61. The molecule has 3 rings (SSSR count). The van der Waals surface area contributed by atoms with Crippen LogP contribution in [0.2, 0.25) is 0 Å². The Morgan fingerprint density at radius 3 is 2.43 bits per heavy atom. The molecular weight excluding hydrogens is 262 g/mol. The summed E-state index contributed by atoms with van der Waals surface area (Å²) in [6.45, 7) is 2.12. The molecule has 4 heteroatoms. The average molecular weight is 272 g/mol. The third-order valence-electron chi connectivity index (χ3n) is 4.17. The van der Waals surface area contributed by atoms with Crippen LogP contribution < -0.4 is 0 Å². The molecule has 3 aliphatic rings. The zero-order valence-corrected chi connectivity index (χ0v) is 10.6. The number of hydrogen-bond donors (Lipinski definition) is 0. The van der Waals surface area contributed by atoms with E-state index < -0.39 is 8.67 Å². The van der Waals surface area contributed by atoms with Gasteiger partial charge in [0.2, 0.25) is 0 Å². The van der Waals surface area contributed by atoms with E-state index in [1.807, 2.05) is 0 Å². The molecule has 4 atom stereocenters. The van der Waals surface area contributed by atoms with Crippen LogP contribution >= 0.6 is 46.4 Å². The van der Waals surface area contributed by atoms with Gasteiger partial charge >= 0.3 is 0 Å². The van der Waals surface area contributed by atoms with Crippen molar-refractivity contribution in [3.05, 3.63) is 12.2 Å². The van der Waals surface area contributed by atoms with Crippen LogP contribution in [0.3, 0.4) is 0 Å². The lowest BCUT2D eigenvalue weighted by Gasteiger charge is -2.11. The number of halogens is 4. The molecule has 0 spiro atoms. The number of rotatable bonds is 0. The molecule has 14 heavy (non-hydrogen) atoms. The highest BCUT2D eigenvalue weighted by Crippen LogP contribution is 2.78. The predicted octanol–water partition coefficient (Wildman–Crippen LogP) is 4.18. The summed E-state index contributed by atoms with van der Waals surface area (Å²) in [7, 11) is 0. The average Bonchev–Trinajstić information content (AvgIpc) is 2.74. The fourth-order valence-corrected chi connectivity index (χ4v) is 4.50. The van der Waals surface area contributed by atoms with E-state index in [2.05, 4.69) is 19.1 Å². The first-order chi connectivity index (χ1) is 6.32. The van der Waals surface area contributed by atoms with Crippen LogP contribution in [0.25, 0.3) is 0 Å². The standard InChI is InChI=1S/C10H10Cl4/c1-8-4-6-5(9(6,11)12)2-3-7(8)10(8,13)14/h2-3,5-7H,4H2,1H3/t5-,6-,7+,8+/m1/s1. The number of allylic oxidation sites excluding steroid dienone is 2. The predicted molar refractivity (Wildman–Crippen MR) is 61.2 cm³/mol. The van der Waals surface area contributed by atoms with Crippen LogP contribution in [-0.4, -0.2) is 8.67 Å². The van der Waals surface area contributed by atoms with Gasteiger partial charge < -0.3 is 0 Å². The largest absolute Gasteiger partial charge is 0.131 e. The third-order valence-corrected chi connectivity index (χ3v) is 6.57. The lowest BCUT2D eigenvalue weighted by atomic mass is 9.99. The van der Waals surface area contributed by atoms with Crippen LogP contribution in [0.5, 0.6) is 0 Å². The molecule has 0 nitrogen and oxygen atoms in total. The first kappa shape index (κ1) is 10.1. The van der Waals surface area contributed by atoms with Crippen molar-refractivity contribution < 1.29 is 0 Å². The van der Waals surface area contributed by atoms with Crippen molar-refractivity contribution in [2.75, 3.05) is 0 Å². The smallest absolute Gasteiger partial charge is 0.101 e. The quantitative estimate of drug-likeness (QED) is 0.458. The number of alkyl halides is 4. The van der Waals surface area contributed by atoms with E-state index in [0.29, 0.717) is 11.8 Å². The minimum Gasteiger partial charge on any atom is -0.101 e. The van der Waals surface area contributed by atoms with Gasteiger partial charge in [-0.1, -0.05) is 19.1 Å². The molecule has 0 amide bonds. The Balaban J connectivity index is 1.93. The van der Waals surface area contributed by atoms with Crippen molar-refractivity contribution in [1.29, 1.82) is 0 Å². The molecule has 0 aromatic rings. The summed E-state index contributed by atoms with van der Waals surface area (Å²) < 4.78 is -1.18. The molecule has 0 aliphatic heterocycles. The summed E-state index contributed by atoms with van der Waals surface area (Å²) in [4.78, 5) is 0. The van der Waals surface area contributed by atoms with Gasteiger partial charge in [-0.05, 0) is 6.42 Å². The number of fused-ring (bicyclic) bond motifs is 2. The molecule has 0 radical (unpaired) electrons. The van der Waals surface area contributed by atoms with E-state index >= 15 is 0 Å². The second-order valence-corrected chi connectivity index (χ2v) is 7.74. The summed E-state index contributed by atoms with van der Waals surface area (Å²) in [5, 5.41) is 0. The fraction of sp³-hybridized carbons (Fsp3) is 0.800. The van der Waals surface area contributed by atoms with Crippen molar-refractivity contribution >= 4 is 46.4 Å². The normalized spacial score (nSPS) is 55.6. The van der Waals surface area contributed by atoms with Crippen molar-refractivity contribution in [2.24, 2.45) is 23.2 Å². The summed E-state index contributed by atoms with van der Waals surface area (Å²) in [6.07, 6.45) is 5.11. The SMILES string of the molecule is C[C@]12C[C@@H]3[C@@H](C=C[C@@H]1C2(Cl)Cl)C3(Cl)Cl. The second kappa shape index (κ2) is 2.42. The molecule has 0 aromatic heterocycles. The van der Waals surface area contributed by atoms with Gasteiger partial charge in [-0.2, -0.15) is 0 Å². The lowest BCUT2D eigenvalue weighted by molar-refractivity contribution is 0.447. The van der Waals surface area contributed by atoms with E-state index in [0.717, 1.165) is 6.42 Å². The van der Waals surface area contributed by atoms with Gasteiger partial charge in [0, 0.05) is 23.2 Å². The van der Waals surface area contributed by atoms with Gasteiger partial charge in [0.15, 0.2) is 0 Å². The van der Waals surface area contributed by atoms with Gasteiger partial charge in [-0.15, -0.1) is 46.4 Å². The Kier molecular flexibility index (Phi) is 1.74. The minimum absolute atomic E-state index is 0.0302. The zero-order chi connectivity index (χ0) is 10.4.